The zero-order chi connectivity index (χ0) is 23.5. The zero-order valence-corrected chi connectivity index (χ0v) is 19.7. The zero-order valence-electron chi connectivity index (χ0n) is 18.9. The van der Waals surface area contributed by atoms with E-state index in [1.807, 2.05) is 25.1 Å². The highest BCUT2D eigenvalue weighted by atomic mass is 32.1. The van der Waals surface area contributed by atoms with Crippen LogP contribution in [0.2, 0.25) is 0 Å². The number of nitrogens with one attached hydrogen (secondary N) is 1. The first-order valence-corrected chi connectivity index (χ1v) is 12.1. The summed E-state index contributed by atoms with van der Waals surface area (Å²) in [5.74, 6) is 0.908. The smallest absolute Gasteiger partial charge is 0.289 e. The van der Waals surface area contributed by atoms with Gasteiger partial charge >= 0.3 is 0 Å². The Morgan fingerprint density at radius 2 is 1.74 bits per heavy atom. The number of hydrogen-bond donors (Lipinski definition) is 1. The van der Waals surface area contributed by atoms with Gasteiger partial charge in [-0.3, -0.25) is 9.59 Å². The largest absolute Gasteiger partial charge is 0.459 e. The number of carbonyl (C=O) groups excluding carboxylic acids is 2. The minimum Gasteiger partial charge on any atom is -0.459 e. The lowest BCUT2D eigenvalue weighted by Gasteiger charge is -2.34. The fourth-order valence-electron chi connectivity index (χ4n) is 4.19. The average molecular weight is 476 g/mol. The van der Waals surface area contributed by atoms with Crippen LogP contribution in [0.15, 0.2) is 59.5 Å². The lowest BCUT2D eigenvalue weighted by Crippen LogP contribution is -2.50. The van der Waals surface area contributed by atoms with Crippen LogP contribution in [0.4, 0.5) is 5.82 Å². The molecule has 0 radical (unpaired) electrons. The Labute approximate surface area is 201 Å². The summed E-state index contributed by atoms with van der Waals surface area (Å²) < 4.78 is 5.22. The van der Waals surface area contributed by atoms with Crippen molar-refractivity contribution in [1.29, 1.82) is 0 Å². The highest BCUT2D eigenvalue weighted by Crippen LogP contribution is 2.34. The number of anilines is 1. The van der Waals surface area contributed by atoms with E-state index in [4.69, 9.17) is 4.42 Å². The number of thiophene rings is 1. The quantitative estimate of drug-likeness (QED) is 0.456. The number of benzene rings is 1. The molecule has 2 amide bonds. The second-order valence-corrected chi connectivity index (χ2v) is 9.18. The van der Waals surface area contributed by atoms with Crippen LogP contribution in [0.25, 0.3) is 10.2 Å². The second kappa shape index (κ2) is 9.64. The predicted molar refractivity (Wildman–Crippen MR) is 131 cm³/mol. The third kappa shape index (κ3) is 4.38. The summed E-state index contributed by atoms with van der Waals surface area (Å²) in [5.41, 5.74) is 2.14. The predicted octanol–water partition coefficient (Wildman–Crippen LogP) is 3.85. The molecule has 1 aliphatic heterocycles. The number of aryl methyl sites for hydroxylation is 1. The van der Waals surface area contributed by atoms with Crippen LogP contribution >= 0.6 is 11.3 Å². The standard InChI is InChI=1S/C25H25N5O3S/c1-17-20-22(26-10-9-18-6-3-2-4-7-18)27-16-28-23(20)34-21(17)25(32)30-13-11-29(12-14-30)24(31)19-8-5-15-33-19/h2-8,15-16H,9-14H2,1H3,(H,26,27,28). The summed E-state index contributed by atoms with van der Waals surface area (Å²) >= 11 is 1.40. The fraction of sp³-hybridized carbons (Fsp3) is 0.280. The van der Waals surface area contributed by atoms with Gasteiger partial charge in [-0.05, 0) is 36.6 Å². The number of hydrogen-bond acceptors (Lipinski definition) is 7. The minimum atomic E-state index is -0.142. The molecule has 3 aromatic heterocycles. The van der Waals surface area contributed by atoms with Crippen LogP contribution in [-0.4, -0.2) is 64.3 Å². The van der Waals surface area contributed by atoms with E-state index in [-0.39, 0.29) is 11.8 Å². The maximum atomic E-state index is 13.4. The van der Waals surface area contributed by atoms with Gasteiger partial charge in [-0.25, -0.2) is 9.97 Å². The van der Waals surface area contributed by atoms with Gasteiger partial charge in [0.05, 0.1) is 16.5 Å². The van der Waals surface area contributed by atoms with E-state index in [1.165, 1.54) is 29.5 Å². The molecule has 0 aliphatic carbocycles. The molecule has 9 heteroatoms. The summed E-state index contributed by atoms with van der Waals surface area (Å²) in [6.07, 6.45) is 3.91. The van der Waals surface area contributed by atoms with Gasteiger partial charge in [0.25, 0.3) is 11.8 Å². The third-order valence-corrected chi connectivity index (χ3v) is 7.24. The Balaban J connectivity index is 1.27. The monoisotopic (exact) mass is 475 g/mol. The molecule has 1 N–H and O–H groups in total. The average Bonchev–Trinajstić information content (AvgIpc) is 3.53. The maximum absolute atomic E-state index is 13.4. The number of amides is 2. The maximum Gasteiger partial charge on any atom is 0.289 e. The van der Waals surface area contributed by atoms with Crippen molar-refractivity contribution in [3.05, 3.63) is 76.8 Å². The molecule has 1 aliphatic rings. The summed E-state index contributed by atoms with van der Waals surface area (Å²) in [4.78, 5) is 39.7. The lowest BCUT2D eigenvalue weighted by molar-refractivity contribution is 0.0520. The van der Waals surface area contributed by atoms with E-state index >= 15 is 0 Å². The number of rotatable bonds is 6. The van der Waals surface area contributed by atoms with Crippen molar-refractivity contribution < 1.29 is 14.0 Å². The molecule has 0 unspecified atom stereocenters. The molecule has 8 nitrogen and oxygen atoms in total. The van der Waals surface area contributed by atoms with E-state index in [9.17, 15) is 9.59 Å². The number of aromatic nitrogens is 2. The second-order valence-electron chi connectivity index (χ2n) is 8.18. The van der Waals surface area contributed by atoms with Gasteiger partial charge in [0.15, 0.2) is 5.76 Å². The van der Waals surface area contributed by atoms with Crippen molar-refractivity contribution in [1.82, 2.24) is 19.8 Å². The molecule has 5 rings (SSSR count). The normalized spacial score (nSPS) is 13.9. The number of fused-ring (bicyclic) bond motifs is 1. The molecule has 174 valence electrons. The summed E-state index contributed by atoms with van der Waals surface area (Å²) in [6.45, 7) is 4.59. The molecule has 1 saturated heterocycles. The van der Waals surface area contributed by atoms with Crippen LogP contribution in [-0.2, 0) is 6.42 Å². The van der Waals surface area contributed by atoms with E-state index in [2.05, 4.69) is 27.4 Å². The van der Waals surface area contributed by atoms with Crippen molar-refractivity contribution in [2.45, 2.75) is 13.3 Å². The Bertz CT molecular complexity index is 1300. The van der Waals surface area contributed by atoms with Crippen molar-refractivity contribution in [3.63, 3.8) is 0 Å². The highest BCUT2D eigenvalue weighted by Gasteiger charge is 2.29. The minimum absolute atomic E-state index is 0.0270. The van der Waals surface area contributed by atoms with Crippen molar-refractivity contribution in [3.8, 4) is 0 Å². The highest BCUT2D eigenvalue weighted by molar-refractivity contribution is 7.20. The first kappa shape index (κ1) is 22.1. The van der Waals surface area contributed by atoms with Gasteiger partial charge in [0, 0.05) is 32.7 Å². The molecule has 34 heavy (non-hydrogen) atoms. The fourth-order valence-corrected chi connectivity index (χ4v) is 5.31. The Hall–Kier alpha value is -3.72. The van der Waals surface area contributed by atoms with Gasteiger partial charge in [-0.1, -0.05) is 30.3 Å². The van der Waals surface area contributed by atoms with Crippen LogP contribution in [0.3, 0.4) is 0 Å². The van der Waals surface area contributed by atoms with E-state index in [0.29, 0.717) is 36.8 Å². The van der Waals surface area contributed by atoms with E-state index < -0.39 is 0 Å². The molecular weight excluding hydrogens is 450 g/mol. The number of piperazine rings is 1. The molecule has 0 bridgehead atoms. The van der Waals surface area contributed by atoms with Crippen molar-refractivity contribution in [2.24, 2.45) is 0 Å². The van der Waals surface area contributed by atoms with E-state index in [1.54, 1.807) is 21.9 Å². The number of carbonyl (C=O) groups is 2. The first-order chi connectivity index (χ1) is 16.6. The summed E-state index contributed by atoms with van der Waals surface area (Å²) in [7, 11) is 0. The summed E-state index contributed by atoms with van der Waals surface area (Å²) in [5, 5.41) is 4.32. The van der Waals surface area contributed by atoms with Gasteiger partial charge in [-0.15, -0.1) is 11.3 Å². The molecule has 1 fully saturated rings. The van der Waals surface area contributed by atoms with Gasteiger partial charge in [0.1, 0.15) is 17.0 Å². The molecule has 1 aromatic carbocycles. The number of furan rings is 1. The third-order valence-electron chi connectivity index (χ3n) is 6.06. The van der Waals surface area contributed by atoms with Crippen LogP contribution in [0.1, 0.15) is 31.4 Å². The van der Waals surface area contributed by atoms with Crippen LogP contribution in [0.5, 0.6) is 0 Å². The molecule has 0 spiro atoms. The Morgan fingerprint density at radius 1 is 1.00 bits per heavy atom. The van der Waals surface area contributed by atoms with Gasteiger partial charge in [-0.2, -0.15) is 0 Å². The molecular formula is C25H25N5O3S. The topological polar surface area (TPSA) is 91.6 Å². The van der Waals surface area contributed by atoms with Crippen LogP contribution < -0.4 is 5.32 Å². The van der Waals surface area contributed by atoms with Crippen molar-refractivity contribution >= 4 is 39.2 Å². The molecule has 0 saturated carbocycles. The van der Waals surface area contributed by atoms with Crippen molar-refractivity contribution in [2.75, 3.05) is 38.0 Å². The first-order valence-electron chi connectivity index (χ1n) is 11.3. The molecule has 4 heterocycles. The van der Waals surface area contributed by atoms with Gasteiger partial charge < -0.3 is 19.5 Å². The van der Waals surface area contributed by atoms with Crippen LogP contribution in [0, 0.1) is 6.92 Å². The van der Waals surface area contributed by atoms with Gasteiger partial charge in [0.2, 0.25) is 0 Å². The number of nitrogens with zero attached hydrogens (tertiary/aromatic N) is 4. The molecule has 0 atom stereocenters. The lowest BCUT2D eigenvalue weighted by atomic mass is 10.1. The SMILES string of the molecule is Cc1c(C(=O)N2CCN(C(=O)c3ccco3)CC2)sc2ncnc(NCCc3ccccc3)c12. The van der Waals surface area contributed by atoms with E-state index in [0.717, 1.165) is 34.6 Å². The Kier molecular flexibility index (Phi) is 6.27. The summed E-state index contributed by atoms with van der Waals surface area (Å²) in [6, 6.07) is 13.6. The molecule has 4 aromatic rings. The Morgan fingerprint density at radius 3 is 2.44 bits per heavy atom.